The number of halogens is 5. The van der Waals surface area contributed by atoms with Crippen LogP contribution in [0, 0.1) is 5.92 Å². The van der Waals surface area contributed by atoms with Gasteiger partial charge in [0.05, 0.1) is 5.92 Å². The zero-order valence-electron chi connectivity index (χ0n) is 9.47. The van der Waals surface area contributed by atoms with Crippen molar-refractivity contribution in [2.75, 3.05) is 18.0 Å². The Morgan fingerprint density at radius 2 is 2.11 bits per heavy atom. The van der Waals surface area contributed by atoms with Crippen molar-refractivity contribution in [3.8, 4) is 0 Å². The molecule has 1 aliphatic heterocycles. The molecule has 0 N–H and O–H groups in total. The zero-order valence-corrected chi connectivity index (χ0v) is 11.8. The summed E-state index contributed by atoms with van der Waals surface area (Å²) in [5, 5.41) is 1.22. The number of hydrogen-bond acceptors (Lipinski definition) is 1. The summed E-state index contributed by atoms with van der Waals surface area (Å²) in [6.45, 7) is 0.446. The third-order valence-electron chi connectivity index (χ3n) is 3.20. The summed E-state index contributed by atoms with van der Waals surface area (Å²) in [5.74, 6) is -1.23. The summed E-state index contributed by atoms with van der Waals surface area (Å²) >= 11 is 9.36. The minimum atomic E-state index is -4.10. The van der Waals surface area contributed by atoms with Crippen molar-refractivity contribution in [3.63, 3.8) is 0 Å². The van der Waals surface area contributed by atoms with E-state index in [-0.39, 0.29) is 13.0 Å². The van der Waals surface area contributed by atoms with Gasteiger partial charge in [-0.2, -0.15) is 13.2 Å². The summed E-state index contributed by atoms with van der Waals surface area (Å²) in [6.07, 6.45) is -3.95. The minimum Gasteiger partial charge on any atom is -0.371 e. The van der Waals surface area contributed by atoms with Crippen LogP contribution in [0.15, 0.2) is 18.2 Å². The van der Waals surface area contributed by atoms with E-state index in [4.69, 9.17) is 11.6 Å². The maximum Gasteiger partial charge on any atom is 0.393 e. The van der Waals surface area contributed by atoms with Gasteiger partial charge in [-0.25, -0.2) is 0 Å². The van der Waals surface area contributed by atoms with Gasteiger partial charge in [0, 0.05) is 29.1 Å². The quantitative estimate of drug-likeness (QED) is 0.709. The molecule has 1 aliphatic rings. The van der Waals surface area contributed by atoms with Crippen molar-refractivity contribution in [2.24, 2.45) is 5.92 Å². The molecule has 1 saturated heterocycles. The van der Waals surface area contributed by atoms with Crippen LogP contribution in [-0.4, -0.2) is 19.3 Å². The number of benzene rings is 1. The number of nitrogens with zero attached hydrogens (tertiary/aromatic N) is 1. The molecular formula is C12H12BrClF3N. The Morgan fingerprint density at radius 1 is 1.39 bits per heavy atom. The van der Waals surface area contributed by atoms with Crippen molar-refractivity contribution in [3.05, 3.63) is 28.8 Å². The van der Waals surface area contributed by atoms with Crippen LogP contribution in [-0.2, 0) is 5.33 Å². The lowest BCUT2D eigenvalue weighted by molar-refractivity contribution is -0.168. The zero-order chi connectivity index (χ0) is 13.3. The molecule has 1 atom stereocenters. The monoisotopic (exact) mass is 341 g/mol. The highest BCUT2D eigenvalue weighted by molar-refractivity contribution is 9.08. The summed E-state index contributed by atoms with van der Waals surface area (Å²) in [4.78, 5) is 1.74. The van der Waals surface area contributed by atoms with E-state index in [0.717, 1.165) is 11.3 Å². The molecule has 0 spiro atoms. The standard InChI is InChI=1S/C12H12BrClF3N/c13-6-8-1-2-10(5-11(8)14)18-4-3-9(7-18)12(15,16)17/h1-2,5,9H,3-4,6-7H2. The third kappa shape index (κ3) is 2.94. The average molecular weight is 343 g/mol. The van der Waals surface area contributed by atoms with Crippen LogP contribution in [0.3, 0.4) is 0 Å². The van der Waals surface area contributed by atoms with Crippen molar-refractivity contribution in [2.45, 2.75) is 17.9 Å². The van der Waals surface area contributed by atoms with Crippen molar-refractivity contribution in [1.82, 2.24) is 0 Å². The second-order valence-electron chi connectivity index (χ2n) is 4.38. The average Bonchev–Trinajstić information content (AvgIpc) is 2.77. The van der Waals surface area contributed by atoms with E-state index in [1.54, 1.807) is 11.0 Å². The Kier molecular flexibility index (Phi) is 4.11. The van der Waals surface area contributed by atoms with Crippen LogP contribution in [0.1, 0.15) is 12.0 Å². The summed E-state index contributed by atoms with van der Waals surface area (Å²) in [6, 6.07) is 5.39. The lowest BCUT2D eigenvalue weighted by atomic mass is 10.1. The van der Waals surface area contributed by atoms with E-state index in [9.17, 15) is 13.2 Å². The maximum atomic E-state index is 12.6. The van der Waals surface area contributed by atoms with Crippen molar-refractivity contribution < 1.29 is 13.2 Å². The fourth-order valence-corrected chi connectivity index (χ4v) is 3.00. The molecule has 0 amide bonds. The largest absolute Gasteiger partial charge is 0.393 e. The molecule has 0 aromatic heterocycles. The Balaban J connectivity index is 2.12. The van der Waals surface area contributed by atoms with Gasteiger partial charge in [-0.05, 0) is 24.1 Å². The van der Waals surface area contributed by atoms with E-state index in [1.807, 2.05) is 12.1 Å². The number of anilines is 1. The van der Waals surface area contributed by atoms with Crippen LogP contribution >= 0.6 is 27.5 Å². The lowest BCUT2D eigenvalue weighted by Crippen LogP contribution is -2.27. The molecule has 1 nitrogen and oxygen atoms in total. The Hall–Kier alpha value is -0.420. The predicted molar refractivity (Wildman–Crippen MR) is 70.5 cm³/mol. The Labute approximate surface area is 117 Å². The van der Waals surface area contributed by atoms with Gasteiger partial charge in [0.15, 0.2) is 0 Å². The highest BCUT2D eigenvalue weighted by Crippen LogP contribution is 2.36. The van der Waals surface area contributed by atoms with Crippen LogP contribution in [0.2, 0.25) is 5.02 Å². The Morgan fingerprint density at radius 3 is 2.61 bits per heavy atom. The highest BCUT2D eigenvalue weighted by Gasteiger charge is 2.43. The third-order valence-corrected chi connectivity index (χ3v) is 4.15. The fourth-order valence-electron chi connectivity index (χ4n) is 2.10. The van der Waals surface area contributed by atoms with Crippen molar-refractivity contribution >= 4 is 33.2 Å². The molecule has 1 heterocycles. The molecule has 1 fully saturated rings. The van der Waals surface area contributed by atoms with Gasteiger partial charge >= 0.3 is 6.18 Å². The lowest BCUT2D eigenvalue weighted by Gasteiger charge is -2.20. The van der Waals surface area contributed by atoms with Crippen LogP contribution in [0.4, 0.5) is 18.9 Å². The van der Waals surface area contributed by atoms with E-state index in [2.05, 4.69) is 15.9 Å². The first-order valence-electron chi connectivity index (χ1n) is 5.58. The second-order valence-corrected chi connectivity index (χ2v) is 5.35. The van der Waals surface area contributed by atoms with Gasteiger partial charge in [-0.1, -0.05) is 33.6 Å². The molecule has 1 unspecified atom stereocenters. The number of alkyl halides is 4. The molecule has 2 rings (SSSR count). The van der Waals surface area contributed by atoms with Gasteiger partial charge in [0.2, 0.25) is 0 Å². The van der Waals surface area contributed by atoms with Gasteiger partial charge in [0.1, 0.15) is 0 Å². The molecule has 100 valence electrons. The van der Waals surface area contributed by atoms with Gasteiger partial charge in [-0.15, -0.1) is 0 Å². The summed E-state index contributed by atoms with van der Waals surface area (Å²) < 4.78 is 37.8. The molecule has 0 radical (unpaired) electrons. The molecule has 1 aromatic carbocycles. The second kappa shape index (κ2) is 5.29. The fraction of sp³-hybridized carbons (Fsp3) is 0.500. The normalized spacial score (nSPS) is 20.5. The minimum absolute atomic E-state index is 0.0213. The molecular weight excluding hydrogens is 330 g/mol. The summed E-state index contributed by atoms with van der Waals surface area (Å²) in [5.41, 5.74) is 1.70. The predicted octanol–water partition coefficient (Wildman–Crippen LogP) is 4.62. The van der Waals surface area contributed by atoms with E-state index in [1.165, 1.54) is 0 Å². The smallest absolute Gasteiger partial charge is 0.371 e. The van der Waals surface area contributed by atoms with Crippen LogP contribution in [0.5, 0.6) is 0 Å². The number of rotatable bonds is 2. The van der Waals surface area contributed by atoms with Gasteiger partial charge in [-0.3, -0.25) is 0 Å². The van der Waals surface area contributed by atoms with Gasteiger partial charge in [0.25, 0.3) is 0 Å². The molecule has 0 saturated carbocycles. The van der Waals surface area contributed by atoms with Gasteiger partial charge < -0.3 is 4.90 Å². The first-order valence-corrected chi connectivity index (χ1v) is 7.08. The molecule has 0 aliphatic carbocycles. The van der Waals surface area contributed by atoms with Crippen molar-refractivity contribution in [1.29, 1.82) is 0 Å². The molecule has 18 heavy (non-hydrogen) atoms. The first-order chi connectivity index (χ1) is 8.41. The molecule has 6 heteroatoms. The first kappa shape index (κ1) is 14.0. The van der Waals surface area contributed by atoms with E-state index < -0.39 is 12.1 Å². The maximum absolute atomic E-state index is 12.6. The highest BCUT2D eigenvalue weighted by atomic mass is 79.9. The number of hydrogen-bond donors (Lipinski definition) is 0. The SMILES string of the molecule is FC(F)(F)C1CCN(c2ccc(CBr)c(Cl)c2)C1. The van der Waals surface area contributed by atoms with Crippen LogP contribution < -0.4 is 4.90 Å². The van der Waals surface area contributed by atoms with Crippen LogP contribution in [0.25, 0.3) is 0 Å². The molecule has 0 bridgehead atoms. The van der Waals surface area contributed by atoms with E-state index in [0.29, 0.717) is 16.9 Å². The van der Waals surface area contributed by atoms with E-state index >= 15 is 0 Å². The Bertz CT molecular complexity index is 436. The molecule has 1 aromatic rings. The topological polar surface area (TPSA) is 3.24 Å². The summed E-state index contributed by atoms with van der Waals surface area (Å²) in [7, 11) is 0.